The first-order valence-electron chi connectivity index (χ1n) is 7.20. The van der Waals surface area contributed by atoms with Gasteiger partial charge in [-0.15, -0.1) is 11.6 Å². The van der Waals surface area contributed by atoms with Crippen molar-refractivity contribution in [3.8, 4) is 11.5 Å². The molecule has 0 amide bonds. The Balaban J connectivity index is 1.76. The lowest BCUT2D eigenvalue weighted by molar-refractivity contribution is -0.0658. The quantitative estimate of drug-likeness (QED) is 0.764. The first kappa shape index (κ1) is 13.1. The number of para-hydroxylation sites is 2. The van der Waals surface area contributed by atoms with E-state index in [1.54, 1.807) is 7.11 Å². The Morgan fingerprint density at radius 2 is 1.79 bits per heavy atom. The summed E-state index contributed by atoms with van der Waals surface area (Å²) in [4.78, 5) is 0. The van der Waals surface area contributed by atoms with Crippen LogP contribution in [-0.2, 0) is 0 Å². The number of hydrogen-bond acceptors (Lipinski definition) is 2. The lowest BCUT2D eigenvalue weighted by atomic mass is 9.58. The Bertz CT molecular complexity index is 440. The van der Waals surface area contributed by atoms with Crippen LogP contribution in [0.25, 0.3) is 0 Å². The van der Waals surface area contributed by atoms with Gasteiger partial charge in [0.2, 0.25) is 0 Å². The summed E-state index contributed by atoms with van der Waals surface area (Å²) in [7, 11) is 1.68. The lowest BCUT2D eigenvalue weighted by Gasteiger charge is -2.55. The third-order valence-corrected chi connectivity index (χ3v) is 5.42. The molecule has 1 aromatic carbocycles. The molecule has 2 aliphatic carbocycles. The molecular weight excluding hydrogens is 260 g/mol. The predicted molar refractivity (Wildman–Crippen MR) is 77.2 cm³/mol. The molecule has 19 heavy (non-hydrogen) atoms. The number of halogens is 1. The summed E-state index contributed by atoms with van der Waals surface area (Å²) in [5, 5.41) is 0.285. The highest BCUT2D eigenvalue weighted by atomic mass is 35.5. The standard InChI is InChI=1S/C16H21ClO2/c1-18-12-7-3-4-8-13(12)19-15-11-14(17)16(15)9-5-2-6-10-16/h3-4,7-8,14-15H,2,5-6,9-11H2,1H3. The maximum atomic E-state index is 6.51. The second-order valence-corrected chi connectivity index (χ2v) is 6.28. The van der Waals surface area contributed by atoms with E-state index >= 15 is 0 Å². The van der Waals surface area contributed by atoms with Crippen LogP contribution in [0.3, 0.4) is 0 Å². The first-order valence-corrected chi connectivity index (χ1v) is 7.64. The van der Waals surface area contributed by atoms with Gasteiger partial charge in [0, 0.05) is 17.2 Å². The number of ether oxygens (including phenoxy) is 2. The predicted octanol–water partition coefficient (Wildman–Crippen LogP) is 4.40. The van der Waals surface area contributed by atoms with Crippen molar-refractivity contribution in [1.29, 1.82) is 0 Å². The van der Waals surface area contributed by atoms with E-state index in [0.717, 1.165) is 17.9 Å². The zero-order chi connectivity index (χ0) is 13.3. The Labute approximate surface area is 120 Å². The second-order valence-electron chi connectivity index (χ2n) is 5.75. The Kier molecular flexibility index (Phi) is 3.62. The van der Waals surface area contributed by atoms with Gasteiger partial charge in [0.05, 0.1) is 7.11 Å². The molecule has 1 aromatic rings. The van der Waals surface area contributed by atoms with Crippen molar-refractivity contribution >= 4 is 11.6 Å². The van der Waals surface area contributed by atoms with Gasteiger partial charge < -0.3 is 9.47 Å². The van der Waals surface area contributed by atoms with Gasteiger partial charge in [-0.1, -0.05) is 31.4 Å². The van der Waals surface area contributed by atoms with Crippen LogP contribution in [0.4, 0.5) is 0 Å². The largest absolute Gasteiger partial charge is 0.493 e. The summed E-state index contributed by atoms with van der Waals surface area (Å²) >= 11 is 6.51. The highest BCUT2D eigenvalue weighted by Gasteiger charge is 2.56. The molecule has 2 unspecified atom stereocenters. The normalized spacial score (nSPS) is 28.7. The fourth-order valence-electron chi connectivity index (χ4n) is 3.58. The van der Waals surface area contributed by atoms with Crippen molar-refractivity contribution in [2.45, 2.75) is 50.0 Å². The van der Waals surface area contributed by atoms with Gasteiger partial charge in [-0.3, -0.25) is 0 Å². The van der Waals surface area contributed by atoms with Crippen molar-refractivity contribution in [3.63, 3.8) is 0 Å². The number of hydrogen-bond donors (Lipinski definition) is 0. The molecule has 0 aliphatic heterocycles. The highest BCUT2D eigenvalue weighted by Crippen LogP contribution is 2.56. The van der Waals surface area contributed by atoms with Gasteiger partial charge in [0.1, 0.15) is 6.10 Å². The minimum Gasteiger partial charge on any atom is -0.493 e. The zero-order valence-corrected chi connectivity index (χ0v) is 12.2. The molecule has 2 saturated carbocycles. The van der Waals surface area contributed by atoms with E-state index < -0.39 is 0 Å². The molecule has 0 saturated heterocycles. The van der Waals surface area contributed by atoms with Gasteiger partial charge in [-0.25, -0.2) is 0 Å². The third-order valence-electron chi connectivity index (χ3n) is 4.81. The van der Waals surface area contributed by atoms with Gasteiger partial charge >= 0.3 is 0 Å². The van der Waals surface area contributed by atoms with Crippen molar-refractivity contribution in [2.75, 3.05) is 7.11 Å². The summed E-state index contributed by atoms with van der Waals surface area (Å²) in [6.45, 7) is 0. The van der Waals surface area contributed by atoms with Crippen LogP contribution >= 0.6 is 11.6 Å². The van der Waals surface area contributed by atoms with Gasteiger partial charge in [0.25, 0.3) is 0 Å². The molecule has 2 fully saturated rings. The molecular formula is C16H21ClO2. The molecule has 0 aromatic heterocycles. The van der Waals surface area contributed by atoms with E-state index in [4.69, 9.17) is 21.1 Å². The van der Waals surface area contributed by atoms with Crippen LogP contribution in [0, 0.1) is 5.41 Å². The molecule has 2 aliphatic rings. The van der Waals surface area contributed by atoms with E-state index in [0.29, 0.717) is 0 Å². The summed E-state index contributed by atoms with van der Waals surface area (Å²) in [5.41, 5.74) is 0.209. The summed E-state index contributed by atoms with van der Waals surface area (Å²) in [6, 6.07) is 7.88. The van der Waals surface area contributed by atoms with Crippen molar-refractivity contribution in [2.24, 2.45) is 5.41 Å². The van der Waals surface area contributed by atoms with Crippen molar-refractivity contribution in [3.05, 3.63) is 24.3 Å². The molecule has 2 atom stereocenters. The molecule has 0 N–H and O–H groups in total. The minimum atomic E-state index is 0.209. The van der Waals surface area contributed by atoms with Crippen molar-refractivity contribution < 1.29 is 9.47 Å². The average Bonchev–Trinajstić information content (AvgIpc) is 2.48. The molecule has 0 radical (unpaired) electrons. The Hall–Kier alpha value is -0.890. The topological polar surface area (TPSA) is 18.5 Å². The van der Waals surface area contributed by atoms with Crippen LogP contribution in [0.5, 0.6) is 11.5 Å². The van der Waals surface area contributed by atoms with Crippen LogP contribution in [-0.4, -0.2) is 18.6 Å². The molecule has 1 spiro atoms. The zero-order valence-electron chi connectivity index (χ0n) is 11.4. The van der Waals surface area contributed by atoms with E-state index in [9.17, 15) is 0 Å². The van der Waals surface area contributed by atoms with E-state index in [-0.39, 0.29) is 16.9 Å². The third kappa shape index (κ3) is 2.20. The Morgan fingerprint density at radius 1 is 1.11 bits per heavy atom. The molecule has 0 bridgehead atoms. The van der Waals surface area contributed by atoms with E-state index in [1.165, 1.54) is 32.1 Å². The Morgan fingerprint density at radius 3 is 2.42 bits per heavy atom. The monoisotopic (exact) mass is 280 g/mol. The van der Waals surface area contributed by atoms with E-state index in [2.05, 4.69) is 0 Å². The SMILES string of the molecule is COc1ccccc1OC1CC(Cl)C12CCCCC2. The van der Waals surface area contributed by atoms with Crippen LogP contribution in [0.2, 0.25) is 0 Å². The fraction of sp³-hybridized carbons (Fsp3) is 0.625. The number of benzene rings is 1. The maximum Gasteiger partial charge on any atom is 0.161 e. The molecule has 0 heterocycles. The fourth-order valence-corrected chi connectivity index (χ4v) is 4.10. The average molecular weight is 281 g/mol. The van der Waals surface area contributed by atoms with Gasteiger partial charge in [-0.05, 0) is 25.0 Å². The highest BCUT2D eigenvalue weighted by molar-refractivity contribution is 6.21. The molecule has 2 nitrogen and oxygen atoms in total. The number of methoxy groups -OCH3 is 1. The number of rotatable bonds is 3. The minimum absolute atomic E-state index is 0.209. The summed E-state index contributed by atoms with van der Waals surface area (Å²) < 4.78 is 11.6. The van der Waals surface area contributed by atoms with E-state index in [1.807, 2.05) is 24.3 Å². The van der Waals surface area contributed by atoms with Crippen LogP contribution < -0.4 is 9.47 Å². The summed E-state index contributed by atoms with van der Waals surface area (Å²) in [5.74, 6) is 1.66. The van der Waals surface area contributed by atoms with Gasteiger partial charge in [0.15, 0.2) is 11.5 Å². The molecule has 3 heteroatoms. The summed E-state index contributed by atoms with van der Waals surface area (Å²) in [6.07, 6.45) is 7.55. The molecule has 3 rings (SSSR count). The maximum absolute atomic E-state index is 6.51. The number of alkyl halides is 1. The van der Waals surface area contributed by atoms with Crippen LogP contribution in [0.1, 0.15) is 38.5 Å². The molecule has 104 valence electrons. The van der Waals surface area contributed by atoms with Crippen molar-refractivity contribution in [1.82, 2.24) is 0 Å². The second kappa shape index (κ2) is 5.24. The smallest absolute Gasteiger partial charge is 0.161 e. The van der Waals surface area contributed by atoms with Gasteiger partial charge in [-0.2, -0.15) is 0 Å². The van der Waals surface area contributed by atoms with Crippen LogP contribution in [0.15, 0.2) is 24.3 Å². The first-order chi connectivity index (χ1) is 9.26. The lowest BCUT2D eigenvalue weighted by Crippen LogP contribution is -2.58.